The van der Waals surface area contributed by atoms with Crippen molar-refractivity contribution in [3.8, 4) is 5.75 Å². The van der Waals surface area contributed by atoms with Crippen molar-refractivity contribution < 1.29 is 28.6 Å². The molecule has 3 fully saturated rings. The Hall–Kier alpha value is -2.55. The molecule has 0 aliphatic heterocycles. The van der Waals surface area contributed by atoms with Crippen LogP contribution in [0.2, 0.25) is 5.02 Å². The molecule has 4 rings (SSSR count). The molecule has 0 unspecified atom stereocenters. The van der Waals surface area contributed by atoms with Crippen molar-refractivity contribution in [2.24, 2.45) is 5.41 Å². The van der Waals surface area contributed by atoms with Crippen molar-refractivity contribution in [3.63, 3.8) is 0 Å². The van der Waals surface area contributed by atoms with Crippen molar-refractivity contribution in [2.75, 3.05) is 6.61 Å². The predicted molar refractivity (Wildman–Crippen MR) is 102 cm³/mol. The molecule has 1 aromatic rings. The normalized spacial score (nSPS) is 24.6. The van der Waals surface area contributed by atoms with Gasteiger partial charge in [-0.3, -0.25) is 25.3 Å². The van der Waals surface area contributed by atoms with Gasteiger partial charge in [-0.2, -0.15) is 0 Å². The predicted octanol–water partition coefficient (Wildman–Crippen LogP) is 2.71. The Kier molecular flexibility index (Phi) is 5.15. The lowest BCUT2D eigenvalue weighted by atomic mass is 9.38. The zero-order valence-electron chi connectivity index (χ0n) is 16.3. The van der Waals surface area contributed by atoms with Crippen molar-refractivity contribution in [1.82, 2.24) is 15.8 Å². The maximum Gasteiger partial charge on any atom is 0.408 e. The topological polar surface area (TPSA) is 108 Å². The number of nitrogens with one attached hydrogen (secondary N) is 2. The number of amides is 3. The van der Waals surface area contributed by atoms with Crippen LogP contribution in [0.25, 0.3) is 0 Å². The maximum absolute atomic E-state index is 13.3. The van der Waals surface area contributed by atoms with Gasteiger partial charge in [0.25, 0.3) is 5.91 Å². The largest absolute Gasteiger partial charge is 0.484 e. The minimum absolute atomic E-state index is 0.0571. The minimum atomic E-state index is -1.00. The minimum Gasteiger partial charge on any atom is -0.484 e. The molecule has 0 atom stereocenters. The molecular weight excluding hydrogens is 405 g/mol. The molecule has 0 aromatic heterocycles. The van der Waals surface area contributed by atoms with E-state index in [4.69, 9.17) is 16.3 Å². The smallest absolute Gasteiger partial charge is 0.408 e. The SMILES string of the molecule is CC(C)(C)N(C(=O)O)C12CC(C(=O)NNC(=O)COc3ccc(Cl)c(F)c3)(C1)C2. The molecule has 1 aromatic carbocycles. The number of carbonyl (C=O) groups excluding carboxylic acids is 2. The highest BCUT2D eigenvalue weighted by atomic mass is 35.5. The summed E-state index contributed by atoms with van der Waals surface area (Å²) in [6, 6.07) is 3.78. The second-order valence-electron chi connectivity index (χ2n) is 8.69. The number of carbonyl (C=O) groups is 3. The lowest BCUT2D eigenvalue weighted by Gasteiger charge is -2.73. The summed E-state index contributed by atoms with van der Waals surface area (Å²) in [7, 11) is 0. The lowest BCUT2D eigenvalue weighted by molar-refractivity contribution is -0.224. The van der Waals surface area contributed by atoms with Crippen LogP contribution in [0.4, 0.5) is 9.18 Å². The van der Waals surface area contributed by atoms with Gasteiger partial charge in [0.15, 0.2) is 6.61 Å². The molecule has 0 saturated heterocycles. The Balaban J connectivity index is 1.46. The number of hydrogen-bond donors (Lipinski definition) is 3. The maximum atomic E-state index is 13.3. The van der Waals surface area contributed by atoms with Crippen LogP contribution in [0.5, 0.6) is 5.75 Å². The van der Waals surface area contributed by atoms with E-state index in [9.17, 15) is 23.9 Å². The molecule has 8 nitrogen and oxygen atoms in total. The number of ether oxygens (including phenoxy) is 1. The van der Waals surface area contributed by atoms with Crippen molar-refractivity contribution >= 4 is 29.5 Å². The first-order valence-electron chi connectivity index (χ1n) is 9.09. The van der Waals surface area contributed by atoms with Gasteiger partial charge in [-0.1, -0.05) is 11.6 Å². The number of hydrazine groups is 1. The molecule has 3 saturated carbocycles. The number of halogens is 2. The number of hydrogen-bond acceptors (Lipinski definition) is 4. The zero-order chi connectivity index (χ0) is 21.6. The Bertz CT molecular complexity index is 850. The van der Waals surface area contributed by atoms with Crippen LogP contribution in [0.15, 0.2) is 18.2 Å². The molecule has 158 valence electrons. The second-order valence-corrected chi connectivity index (χ2v) is 9.10. The number of rotatable bonds is 5. The Labute approximate surface area is 172 Å². The summed E-state index contributed by atoms with van der Waals surface area (Å²) in [5.41, 5.74) is 2.87. The first kappa shape index (κ1) is 21.2. The molecule has 3 N–H and O–H groups in total. The fourth-order valence-electron chi connectivity index (χ4n) is 4.42. The van der Waals surface area contributed by atoms with E-state index in [0.717, 1.165) is 6.07 Å². The van der Waals surface area contributed by atoms with E-state index in [2.05, 4.69) is 10.9 Å². The van der Waals surface area contributed by atoms with E-state index in [-0.39, 0.29) is 16.7 Å². The van der Waals surface area contributed by atoms with Gasteiger partial charge in [0.1, 0.15) is 11.6 Å². The average molecular weight is 428 g/mol. The molecule has 29 heavy (non-hydrogen) atoms. The molecule has 0 heterocycles. The van der Waals surface area contributed by atoms with Crippen LogP contribution in [0.3, 0.4) is 0 Å². The number of nitrogens with zero attached hydrogens (tertiary/aromatic N) is 1. The number of carboxylic acid groups (broad SMARTS) is 1. The molecule has 0 radical (unpaired) electrons. The average Bonchev–Trinajstić information content (AvgIpc) is 2.53. The molecule has 3 amide bonds. The molecule has 3 aliphatic rings. The van der Waals surface area contributed by atoms with Gasteiger partial charge in [-0.25, -0.2) is 9.18 Å². The van der Waals surface area contributed by atoms with Gasteiger partial charge in [-0.15, -0.1) is 0 Å². The highest BCUT2D eigenvalue weighted by Crippen LogP contribution is 2.70. The summed E-state index contributed by atoms with van der Waals surface area (Å²) < 4.78 is 18.5. The summed E-state index contributed by atoms with van der Waals surface area (Å²) in [6.45, 7) is 5.04. The summed E-state index contributed by atoms with van der Waals surface area (Å²) in [5.74, 6) is -1.51. The number of benzene rings is 1. The molecule has 10 heteroatoms. The third-order valence-electron chi connectivity index (χ3n) is 5.40. The monoisotopic (exact) mass is 427 g/mol. The third kappa shape index (κ3) is 3.83. The summed E-state index contributed by atoms with van der Waals surface area (Å²) in [4.78, 5) is 37.4. The van der Waals surface area contributed by atoms with Gasteiger partial charge in [0, 0.05) is 17.1 Å². The van der Waals surface area contributed by atoms with Crippen molar-refractivity contribution in [2.45, 2.75) is 51.1 Å². The van der Waals surface area contributed by atoms with E-state index in [1.54, 1.807) is 0 Å². The van der Waals surface area contributed by atoms with Crippen LogP contribution < -0.4 is 15.6 Å². The zero-order valence-corrected chi connectivity index (χ0v) is 17.1. The molecule has 2 bridgehead atoms. The van der Waals surface area contributed by atoms with Crippen LogP contribution in [-0.4, -0.2) is 45.6 Å². The van der Waals surface area contributed by atoms with E-state index >= 15 is 0 Å². The van der Waals surface area contributed by atoms with Gasteiger partial charge < -0.3 is 9.84 Å². The summed E-state index contributed by atoms with van der Waals surface area (Å²) >= 11 is 5.57. The highest BCUT2D eigenvalue weighted by Gasteiger charge is 2.75. The second kappa shape index (κ2) is 7.05. The van der Waals surface area contributed by atoms with Gasteiger partial charge >= 0.3 is 6.09 Å². The van der Waals surface area contributed by atoms with E-state index < -0.39 is 40.9 Å². The summed E-state index contributed by atoms with van der Waals surface area (Å²) in [6.07, 6.45) is 0.263. The lowest BCUT2D eigenvalue weighted by Crippen LogP contribution is -2.81. The highest BCUT2D eigenvalue weighted by molar-refractivity contribution is 6.30. The van der Waals surface area contributed by atoms with Gasteiger partial charge in [0.2, 0.25) is 5.91 Å². The van der Waals surface area contributed by atoms with E-state index in [1.165, 1.54) is 17.0 Å². The quantitative estimate of drug-likeness (QED) is 0.626. The van der Waals surface area contributed by atoms with Crippen molar-refractivity contribution in [3.05, 3.63) is 29.0 Å². The first-order chi connectivity index (χ1) is 13.4. The van der Waals surface area contributed by atoms with E-state index in [1.807, 2.05) is 20.8 Å². The summed E-state index contributed by atoms with van der Waals surface area (Å²) in [5, 5.41) is 9.48. The molecule has 0 spiro atoms. The Morgan fingerprint density at radius 1 is 1.24 bits per heavy atom. The van der Waals surface area contributed by atoms with Gasteiger partial charge in [-0.05, 0) is 52.2 Å². The standard InChI is InChI=1S/C19H23ClFN3O5/c1-17(2,3)24(16(27)28)19-8-18(9-19,10-19)15(26)23-22-14(25)7-29-11-4-5-12(20)13(21)6-11/h4-6H,7-10H2,1-3H3,(H,22,25)(H,23,26)(H,27,28). The Morgan fingerprint density at radius 2 is 1.86 bits per heavy atom. The van der Waals surface area contributed by atoms with Crippen LogP contribution in [0, 0.1) is 11.2 Å². The van der Waals surface area contributed by atoms with Crippen LogP contribution in [0.1, 0.15) is 40.0 Å². The van der Waals surface area contributed by atoms with Gasteiger partial charge in [0.05, 0.1) is 10.4 Å². The first-order valence-corrected chi connectivity index (χ1v) is 9.47. The van der Waals surface area contributed by atoms with Crippen LogP contribution in [-0.2, 0) is 9.59 Å². The van der Waals surface area contributed by atoms with Crippen LogP contribution >= 0.6 is 11.6 Å². The van der Waals surface area contributed by atoms with Crippen molar-refractivity contribution in [1.29, 1.82) is 0 Å². The fraction of sp³-hybridized carbons (Fsp3) is 0.526. The Morgan fingerprint density at radius 3 is 2.38 bits per heavy atom. The fourth-order valence-corrected chi connectivity index (χ4v) is 4.54. The third-order valence-corrected chi connectivity index (χ3v) is 5.70. The molecular formula is C19H23ClFN3O5. The molecule has 3 aliphatic carbocycles. The van der Waals surface area contributed by atoms with E-state index in [0.29, 0.717) is 19.3 Å².